The summed E-state index contributed by atoms with van der Waals surface area (Å²) in [4.78, 5) is 19.2. The summed E-state index contributed by atoms with van der Waals surface area (Å²) >= 11 is 0. The summed E-state index contributed by atoms with van der Waals surface area (Å²) in [5, 5.41) is 6.63. The molecule has 1 fully saturated rings. The van der Waals surface area contributed by atoms with Crippen molar-refractivity contribution in [2.45, 2.75) is 39.3 Å². The molecule has 1 amide bonds. The van der Waals surface area contributed by atoms with E-state index in [1.165, 1.54) is 6.42 Å². The second-order valence-electron chi connectivity index (χ2n) is 7.09. The van der Waals surface area contributed by atoms with E-state index in [0.717, 1.165) is 62.7 Å². The van der Waals surface area contributed by atoms with Gasteiger partial charge in [0, 0.05) is 50.7 Å². The standard InChI is InChI=1S/C22H31N5O/c1-2-23-22(24-12-17-26-13-6-7-14-26)25-18-19-8-10-20(11-9-19)21(28)27-15-4-3-5-16-27/h6-11,13-14H,2-5,12,15-18H2,1H3,(H2,23,24,25). The molecule has 150 valence electrons. The Labute approximate surface area is 167 Å². The molecule has 6 heteroatoms. The van der Waals surface area contributed by atoms with Crippen LogP contribution in [0, 0.1) is 0 Å². The van der Waals surface area contributed by atoms with Gasteiger partial charge in [-0.3, -0.25) is 4.79 Å². The first-order valence-electron chi connectivity index (χ1n) is 10.3. The Balaban J connectivity index is 1.52. The predicted octanol–water partition coefficient (Wildman–Crippen LogP) is 2.87. The molecule has 1 aromatic heterocycles. The first-order chi connectivity index (χ1) is 13.8. The average molecular weight is 382 g/mol. The summed E-state index contributed by atoms with van der Waals surface area (Å²) in [6, 6.07) is 11.9. The molecule has 0 spiro atoms. The molecule has 1 aliphatic heterocycles. The van der Waals surface area contributed by atoms with Crippen LogP contribution in [-0.4, -0.2) is 47.5 Å². The second-order valence-corrected chi connectivity index (χ2v) is 7.09. The molecule has 2 heterocycles. The lowest BCUT2D eigenvalue weighted by molar-refractivity contribution is 0.0724. The topological polar surface area (TPSA) is 61.7 Å². The summed E-state index contributed by atoms with van der Waals surface area (Å²) in [5.74, 6) is 0.956. The molecule has 28 heavy (non-hydrogen) atoms. The van der Waals surface area contributed by atoms with Crippen LogP contribution in [-0.2, 0) is 13.1 Å². The number of piperidine rings is 1. The lowest BCUT2D eigenvalue weighted by Crippen LogP contribution is -2.38. The molecule has 1 aliphatic rings. The molecule has 2 aromatic rings. The Hall–Kier alpha value is -2.76. The number of nitrogens with zero attached hydrogens (tertiary/aromatic N) is 3. The fraction of sp³-hybridized carbons (Fsp3) is 0.455. The van der Waals surface area contributed by atoms with Crippen LogP contribution in [0.1, 0.15) is 42.1 Å². The smallest absolute Gasteiger partial charge is 0.253 e. The summed E-state index contributed by atoms with van der Waals surface area (Å²) in [6.07, 6.45) is 7.57. The number of aromatic nitrogens is 1. The van der Waals surface area contributed by atoms with Gasteiger partial charge < -0.3 is 20.1 Å². The van der Waals surface area contributed by atoms with Gasteiger partial charge in [-0.05, 0) is 56.0 Å². The van der Waals surface area contributed by atoms with Gasteiger partial charge in [-0.2, -0.15) is 0 Å². The van der Waals surface area contributed by atoms with Crippen molar-refractivity contribution < 1.29 is 4.79 Å². The molecule has 3 rings (SSSR count). The zero-order valence-corrected chi connectivity index (χ0v) is 16.7. The minimum atomic E-state index is 0.148. The van der Waals surface area contributed by atoms with Crippen molar-refractivity contribution in [2.24, 2.45) is 4.99 Å². The highest BCUT2D eigenvalue weighted by Gasteiger charge is 2.17. The van der Waals surface area contributed by atoms with Crippen LogP contribution < -0.4 is 10.6 Å². The third kappa shape index (κ3) is 5.87. The lowest BCUT2D eigenvalue weighted by Gasteiger charge is -2.26. The first kappa shape index (κ1) is 20.0. The Bertz CT molecular complexity index is 746. The number of aliphatic imine (C=N–C) groups is 1. The maximum absolute atomic E-state index is 12.6. The summed E-state index contributed by atoms with van der Waals surface area (Å²) in [6.45, 7) is 6.92. The molecule has 0 aliphatic carbocycles. The van der Waals surface area contributed by atoms with E-state index in [1.807, 2.05) is 41.3 Å². The van der Waals surface area contributed by atoms with E-state index in [9.17, 15) is 4.79 Å². The summed E-state index contributed by atoms with van der Waals surface area (Å²) < 4.78 is 2.13. The Kier molecular flexibility index (Phi) is 7.53. The van der Waals surface area contributed by atoms with Crippen LogP contribution >= 0.6 is 0 Å². The predicted molar refractivity (Wildman–Crippen MR) is 113 cm³/mol. The van der Waals surface area contributed by atoms with Crippen molar-refractivity contribution in [3.63, 3.8) is 0 Å². The van der Waals surface area contributed by atoms with Crippen molar-refractivity contribution in [1.29, 1.82) is 0 Å². The van der Waals surface area contributed by atoms with E-state index in [4.69, 9.17) is 0 Å². The Morgan fingerprint density at radius 3 is 2.43 bits per heavy atom. The van der Waals surface area contributed by atoms with Crippen LogP contribution in [0.3, 0.4) is 0 Å². The number of hydrogen-bond acceptors (Lipinski definition) is 2. The van der Waals surface area contributed by atoms with Crippen molar-refractivity contribution in [2.75, 3.05) is 26.2 Å². The maximum Gasteiger partial charge on any atom is 0.253 e. The van der Waals surface area contributed by atoms with E-state index in [-0.39, 0.29) is 5.91 Å². The zero-order chi connectivity index (χ0) is 19.6. The molecule has 0 saturated carbocycles. The summed E-state index contributed by atoms with van der Waals surface area (Å²) in [5.41, 5.74) is 1.86. The van der Waals surface area contributed by atoms with Crippen LogP contribution in [0.4, 0.5) is 0 Å². The van der Waals surface area contributed by atoms with Crippen molar-refractivity contribution >= 4 is 11.9 Å². The minimum absolute atomic E-state index is 0.148. The SMILES string of the molecule is CCNC(=NCc1ccc(C(=O)N2CCCCC2)cc1)NCCn1cccc1. The molecule has 1 aromatic carbocycles. The molecule has 0 unspecified atom stereocenters. The van der Waals surface area contributed by atoms with Crippen molar-refractivity contribution in [3.8, 4) is 0 Å². The van der Waals surface area contributed by atoms with E-state index in [1.54, 1.807) is 0 Å². The van der Waals surface area contributed by atoms with Gasteiger partial charge >= 0.3 is 0 Å². The van der Waals surface area contributed by atoms with E-state index in [0.29, 0.717) is 6.54 Å². The molecular weight excluding hydrogens is 350 g/mol. The average Bonchev–Trinajstić information content (AvgIpc) is 3.26. The van der Waals surface area contributed by atoms with Crippen molar-refractivity contribution in [3.05, 3.63) is 59.9 Å². The lowest BCUT2D eigenvalue weighted by atomic mass is 10.1. The molecule has 0 atom stereocenters. The highest BCUT2D eigenvalue weighted by atomic mass is 16.2. The van der Waals surface area contributed by atoms with Crippen LogP contribution in [0.5, 0.6) is 0 Å². The number of guanidine groups is 1. The monoisotopic (exact) mass is 381 g/mol. The summed E-state index contributed by atoms with van der Waals surface area (Å²) in [7, 11) is 0. The van der Waals surface area contributed by atoms with Gasteiger partial charge in [-0.1, -0.05) is 12.1 Å². The molecule has 1 saturated heterocycles. The third-order valence-electron chi connectivity index (χ3n) is 4.94. The van der Waals surface area contributed by atoms with Crippen molar-refractivity contribution in [1.82, 2.24) is 20.1 Å². The fourth-order valence-corrected chi connectivity index (χ4v) is 3.37. The number of carbonyl (C=O) groups is 1. The highest BCUT2D eigenvalue weighted by molar-refractivity contribution is 5.94. The van der Waals surface area contributed by atoms with Gasteiger partial charge in [0.05, 0.1) is 6.54 Å². The highest BCUT2D eigenvalue weighted by Crippen LogP contribution is 2.14. The third-order valence-corrected chi connectivity index (χ3v) is 4.94. The second kappa shape index (κ2) is 10.5. The van der Waals surface area contributed by atoms with Gasteiger partial charge in [-0.25, -0.2) is 4.99 Å². The normalized spacial score (nSPS) is 14.8. The van der Waals surface area contributed by atoms with E-state index in [2.05, 4.69) is 39.5 Å². The van der Waals surface area contributed by atoms with Gasteiger partial charge in [0.2, 0.25) is 0 Å². The number of amides is 1. The molecule has 0 radical (unpaired) electrons. The molecule has 2 N–H and O–H groups in total. The number of nitrogens with one attached hydrogen (secondary N) is 2. The number of carbonyl (C=O) groups excluding carboxylic acids is 1. The van der Waals surface area contributed by atoms with Gasteiger partial charge in [-0.15, -0.1) is 0 Å². The molecule has 6 nitrogen and oxygen atoms in total. The molecule has 0 bridgehead atoms. The number of benzene rings is 1. The van der Waals surface area contributed by atoms with Crippen LogP contribution in [0.2, 0.25) is 0 Å². The van der Waals surface area contributed by atoms with Gasteiger partial charge in [0.15, 0.2) is 5.96 Å². The first-order valence-corrected chi connectivity index (χ1v) is 10.3. The van der Waals surface area contributed by atoms with Crippen LogP contribution in [0.25, 0.3) is 0 Å². The number of likely N-dealkylation sites (tertiary alicyclic amines) is 1. The quantitative estimate of drug-likeness (QED) is 0.573. The van der Waals surface area contributed by atoms with E-state index < -0.39 is 0 Å². The maximum atomic E-state index is 12.6. The largest absolute Gasteiger partial charge is 0.357 e. The van der Waals surface area contributed by atoms with E-state index >= 15 is 0 Å². The Morgan fingerprint density at radius 1 is 1.04 bits per heavy atom. The van der Waals surface area contributed by atoms with Crippen LogP contribution in [0.15, 0.2) is 53.8 Å². The number of hydrogen-bond donors (Lipinski definition) is 2. The fourth-order valence-electron chi connectivity index (χ4n) is 3.37. The van der Waals surface area contributed by atoms with Gasteiger partial charge in [0.25, 0.3) is 5.91 Å². The minimum Gasteiger partial charge on any atom is -0.357 e. The zero-order valence-electron chi connectivity index (χ0n) is 16.7. The molecular formula is C22H31N5O. The van der Waals surface area contributed by atoms with Gasteiger partial charge in [0.1, 0.15) is 0 Å². The number of rotatable bonds is 7. The Morgan fingerprint density at radius 2 is 1.75 bits per heavy atom.